The van der Waals surface area contributed by atoms with Crippen molar-refractivity contribution in [2.45, 2.75) is 123 Å². The number of carbonyl (C=O) groups excluding carboxylic acids is 1. The van der Waals surface area contributed by atoms with E-state index >= 15 is 8.78 Å². The highest BCUT2D eigenvalue weighted by Gasteiger charge is 2.24. The van der Waals surface area contributed by atoms with Gasteiger partial charge in [-0.1, -0.05) is 152 Å². The van der Waals surface area contributed by atoms with Gasteiger partial charge in [-0.15, -0.1) is 0 Å². The van der Waals surface area contributed by atoms with Crippen LogP contribution in [0.1, 0.15) is 133 Å². The standard InChI is InChI=1S/C39H52F2O3/c1-3-5-7-9-11-12-13-15-18-22-31-25-26-34(36(40)30-31)37-33(32-23-19-17-20-24-32)27-28-35(38(37)41)39(42)44-43-29-21-16-14-10-8-6-4-2/h17,19-20,23-28,30H,3-16,18,21-22,29H2,1-2H3. The number of aryl methyl sites for hydroxylation is 1. The van der Waals surface area contributed by atoms with Crippen LogP contribution in [0, 0.1) is 11.6 Å². The highest BCUT2D eigenvalue weighted by atomic mass is 19.1. The predicted molar refractivity (Wildman–Crippen MR) is 178 cm³/mol. The lowest BCUT2D eigenvalue weighted by molar-refractivity contribution is -0.241. The van der Waals surface area contributed by atoms with E-state index < -0.39 is 17.6 Å². The normalized spacial score (nSPS) is 11.2. The van der Waals surface area contributed by atoms with E-state index in [0.29, 0.717) is 5.56 Å². The lowest BCUT2D eigenvalue weighted by atomic mass is 9.91. The van der Waals surface area contributed by atoms with Gasteiger partial charge in [-0.25, -0.2) is 13.6 Å². The van der Waals surface area contributed by atoms with Crippen molar-refractivity contribution in [2.75, 3.05) is 6.61 Å². The molecule has 0 fully saturated rings. The molecule has 44 heavy (non-hydrogen) atoms. The summed E-state index contributed by atoms with van der Waals surface area (Å²) in [6.45, 7) is 4.68. The van der Waals surface area contributed by atoms with Crippen molar-refractivity contribution < 1.29 is 23.4 Å². The summed E-state index contributed by atoms with van der Waals surface area (Å²) in [6, 6.07) is 17.3. The minimum Gasteiger partial charge on any atom is -0.293 e. The second kappa shape index (κ2) is 20.8. The quantitative estimate of drug-likeness (QED) is 0.0648. The topological polar surface area (TPSA) is 35.5 Å². The molecule has 0 radical (unpaired) electrons. The molecule has 0 aliphatic heterocycles. The van der Waals surface area contributed by atoms with Gasteiger partial charge in [0.15, 0.2) is 0 Å². The van der Waals surface area contributed by atoms with Crippen LogP contribution in [0.15, 0.2) is 60.7 Å². The van der Waals surface area contributed by atoms with Gasteiger partial charge in [-0.3, -0.25) is 4.89 Å². The van der Waals surface area contributed by atoms with Crippen LogP contribution >= 0.6 is 0 Å². The van der Waals surface area contributed by atoms with Gasteiger partial charge in [0.25, 0.3) is 0 Å². The Kier molecular flexibility index (Phi) is 16.8. The molecule has 0 aromatic heterocycles. The minimum atomic E-state index is -0.923. The lowest BCUT2D eigenvalue weighted by Gasteiger charge is -2.15. The van der Waals surface area contributed by atoms with Gasteiger partial charge in [-0.2, -0.15) is 4.89 Å². The molecule has 240 valence electrons. The summed E-state index contributed by atoms with van der Waals surface area (Å²) >= 11 is 0. The van der Waals surface area contributed by atoms with Crippen LogP contribution in [-0.4, -0.2) is 12.6 Å². The van der Waals surface area contributed by atoms with E-state index in [1.807, 2.05) is 36.4 Å². The van der Waals surface area contributed by atoms with E-state index in [4.69, 9.17) is 9.78 Å². The molecule has 0 aliphatic rings. The lowest BCUT2D eigenvalue weighted by Crippen LogP contribution is -2.10. The molecule has 0 atom stereocenters. The summed E-state index contributed by atoms with van der Waals surface area (Å²) in [5.74, 6) is -2.25. The Bertz CT molecular complexity index is 1240. The molecular weight excluding hydrogens is 554 g/mol. The highest BCUT2D eigenvalue weighted by molar-refractivity contribution is 5.95. The molecule has 3 nitrogen and oxygen atoms in total. The molecule has 3 rings (SSSR count). The van der Waals surface area contributed by atoms with Crippen LogP contribution in [0.5, 0.6) is 0 Å². The molecule has 0 bridgehead atoms. The van der Waals surface area contributed by atoms with Crippen molar-refractivity contribution in [3.05, 3.63) is 83.4 Å². The van der Waals surface area contributed by atoms with Crippen LogP contribution in [-0.2, 0) is 16.2 Å². The van der Waals surface area contributed by atoms with Crippen LogP contribution in [0.3, 0.4) is 0 Å². The molecule has 0 aliphatic carbocycles. The Morgan fingerprint density at radius 2 is 1.20 bits per heavy atom. The zero-order chi connectivity index (χ0) is 31.4. The van der Waals surface area contributed by atoms with Gasteiger partial charge in [0.2, 0.25) is 0 Å². The third-order valence-electron chi connectivity index (χ3n) is 8.28. The Labute approximate surface area is 264 Å². The summed E-state index contributed by atoms with van der Waals surface area (Å²) in [4.78, 5) is 22.9. The van der Waals surface area contributed by atoms with Crippen molar-refractivity contribution in [3.8, 4) is 22.3 Å². The van der Waals surface area contributed by atoms with Gasteiger partial charge >= 0.3 is 5.97 Å². The number of hydrogen-bond donors (Lipinski definition) is 0. The molecule has 0 saturated heterocycles. The SMILES string of the molecule is CCCCCCCCCCCc1ccc(-c2c(-c3ccccc3)ccc(C(=O)OOCCCCCCCCC)c2F)c(F)c1. The van der Waals surface area contributed by atoms with E-state index in [1.165, 1.54) is 82.8 Å². The molecule has 0 heterocycles. The zero-order valence-corrected chi connectivity index (χ0v) is 27.0. The second-order valence-corrected chi connectivity index (χ2v) is 11.9. The smallest absolute Gasteiger partial charge is 0.293 e. The third-order valence-corrected chi connectivity index (χ3v) is 8.28. The van der Waals surface area contributed by atoms with Gasteiger partial charge in [0, 0.05) is 11.1 Å². The second-order valence-electron chi connectivity index (χ2n) is 11.9. The zero-order valence-electron chi connectivity index (χ0n) is 27.0. The predicted octanol–water partition coefficient (Wildman–Crippen LogP) is 12.2. The van der Waals surface area contributed by atoms with Crippen LogP contribution in [0.4, 0.5) is 8.78 Å². The maximum absolute atomic E-state index is 16.1. The van der Waals surface area contributed by atoms with E-state index in [-0.39, 0.29) is 23.3 Å². The van der Waals surface area contributed by atoms with E-state index in [0.717, 1.165) is 49.7 Å². The Balaban J connectivity index is 1.65. The molecule has 0 N–H and O–H groups in total. The first kappa shape index (κ1) is 35.4. The van der Waals surface area contributed by atoms with Gasteiger partial charge in [0.1, 0.15) is 11.6 Å². The summed E-state index contributed by atoms with van der Waals surface area (Å²) in [5, 5.41) is 0. The molecule has 3 aromatic carbocycles. The summed E-state index contributed by atoms with van der Waals surface area (Å²) in [6.07, 6.45) is 19.6. The Morgan fingerprint density at radius 3 is 1.82 bits per heavy atom. The first-order valence-corrected chi connectivity index (χ1v) is 17.1. The number of unbranched alkanes of at least 4 members (excludes halogenated alkanes) is 14. The van der Waals surface area contributed by atoms with Crippen LogP contribution in [0.25, 0.3) is 22.3 Å². The summed E-state index contributed by atoms with van der Waals surface area (Å²) in [5.41, 5.74) is 2.02. The Hall–Kier alpha value is -3.05. The molecular formula is C39H52F2O3. The molecule has 0 unspecified atom stereocenters. The number of hydrogen-bond acceptors (Lipinski definition) is 3. The third kappa shape index (κ3) is 11.8. The van der Waals surface area contributed by atoms with Crippen molar-refractivity contribution in [1.29, 1.82) is 0 Å². The molecule has 0 spiro atoms. The highest BCUT2D eigenvalue weighted by Crippen LogP contribution is 2.38. The average Bonchev–Trinajstić information content (AvgIpc) is 3.03. The number of rotatable bonds is 22. The van der Waals surface area contributed by atoms with Crippen molar-refractivity contribution in [1.82, 2.24) is 0 Å². The summed E-state index contributed by atoms with van der Waals surface area (Å²) < 4.78 is 31.7. The minimum absolute atomic E-state index is 0.0462. The monoisotopic (exact) mass is 606 g/mol. The molecule has 5 heteroatoms. The Morgan fingerprint density at radius 1 is 0.636 bits per heavy atom. The van der Waals surface area contributed by atoms with Gasteiger partial charge in [-0.05, 0) is 48.1 Å². The number of halogens is 2. The fourth-order valence-corrected chi connectivity index (χ4v) is 5.67. The van der Waals surface area contributed by atoms with E-state index in [9.17, 15) is 4.79 Å². The number of carbonyl (C=O) groups is 1. The van der Waals surface area contributed by atoms with E-state index in [2.05, 4.69) is 13.8 Å². The van der Waals surface area contributed by atoms with Crippen molar-refractivity contribution >= 4 is 5.97 Å². The molecule has 0 saturated carbocycles. The van der Waals surface area contributed by atoms with Crippen LogP contribution < -0.4 is 0 Å². The van der Waals surface area contributed by atoms with Gasteiger partial charge < -0.3 is 0 Å². The number of benzene rings is 3. The maximum Gasteiger partial charge on any atom is 0.376 e. The fourth-order valence-electron chi connectivity index (χ4n) is 5.67. The average molecular weight is 607 g/mol. The van der Waals surface area contributed by atoms with E-state index in [1.54, 1.807) is 12.1 Å². The summed E-state index contributed by atoms with van der Waals surface area (Å²) in [7, 11) is 0. The molecule has 0 amide bonds. The first-order valence-electron chi connectivity index (χ1n) is 17.1. The maximum atomic E-state index is 16.1. The largest absolute Gasteiger partial charge is 0.376 e. The molecule has 3 aromatic rings. The first-order chi connectivity index (χ1) is 21.6. The fraction of sp³-hybridized carbons (Fsp3) is 0.513. The van der Waals surface area contributed by atoms with Gasteiger partial charge in [0.05, 0.1) is 12.2 Å². The van der Waals surface area contributed by atoms with Crippen molar-refractivity contribution in [2.24, 2.45) is 0 Å². The van der Waals surface area contributed by atoms with Crippen LogP contribution in [0.2, 0.25) is 0 Å². The van der Waals surface area contributed by atoms with Crippen molar-refractivity contribution in [3.63, 3.8) is 0 Å².